The molecule has 0 spiro atoms. The third-order valence-corrected chi connectivity index (χ3v) is 4.26. The molecule has 0 fully saturated rings. The van der Waals surface area contributed by atoms with E-state index in [0.717, 1.165) is 35.7 Å². The predicted octanol–water partition coefficient (Wildman–Crippen LogP) is 3.20. The summed E-state index contributed by atoms with van der Waals surface area (Å²) >= 11 is 1.61. The van der Waals surface area contributed by atoms with Gasteiger partial charge in [-0.2, -0.15) is 4.98 Å². The Labute approximate surface area is 147 Å². The SMILES string of the molecule is CCCCc1noc(CN(C)CC(=O)Nc2ccccc2SC)n1. The number of hydrogen-bond acceptors (Lipinski definition) is 6. The summed E-state index contributed by atoms with van der Waals surface area (Å²) in [6.07, 6.45) is 4.96. The van der Waals surface area contributed by atoms with Gasteiger partial charge in [0, 0.05) is 11.3 Å². The molecule has 0 bridgehead atoms. The Bertz CT molecular complexity index is 660. The number of aryl methyl sites for hydroxylation is 1. The quantitative estimate of drug-likeness (QED) is 0.702. The summed E-state index contributed by atoms with van der Waals surface area (Å²) in [6, 6.07) is 7.76. The number of nitrogens with one attached hydrogen (secondary N) is 1. The number of likely N-dealkylation sites (N-methyl/N-ethyl adjacent to an activating group) is 1. The van der Waals surface area contributed by atoms with E-state index >= 15 is 0 Å². The lowest BCUT2D eigenvalue weighted by Gasteiger charge is -2.15. The van der Waals surface area contributed by atoms with Gasteiger partial charge in [0.2, 0.25) is 11.8 Å². The van der Waals surface area contributed by atoms with Crippen LogP contribution in [0.4, 0.5) is 5.69 Å². The monoisotopic (exact) mass is 348 g/mol. The Morgan fingerprint density at radius 2 is 2.17 bits per heavy atom. The number of anilines is 1. The van der Waals surface area contributed by atoms with Gasteiger partial charge in [0.15, 0.2) is 5.82 Å². The van der Waals surface area contributed by atoms with Crippen LogP contribution in [0, 0.1) is 0 Å². The van der Waals surface area contributed by atoms with Crippen LogP contribution in [0.2, 0.25) is 0 Å². The molecule has 1 amide bonds. The number of benzene rings is 1. The van der Waals surface area contributed by atoms with Crippen molar-refractivity contribution in [3.8, 4) is 0 Å². The zero-order chi connectivity index (χ0) is 17.4. The standard InChI is InChI=1S/C17H24N4O2S/c1-4-5-10-15-19-17(23-20-15)12-21(2)11-16(22)18-13-8-6-7-9-14(13)24-3/h6-9H,4-5,10-12H2,1-3H3,(H,18,22). The molecule has 2 aromatic rings. The van der Waals surface area contributed by atoms with Gasteiger partial charge in [0.05, 0.1) is 18.8 Å². The lowest BCUT2D eigenvalue weighted by Crippen LogP contribution is -2.30. The first kappa shape index (κ1) is 18.5. The van der Waals surface area contributed by atoms with E-state index < -0.39 is 0 Å². The lowest BCUT2D eigenvalue weighted by molar-refractivity contribution is -0.117. The van der Waals surface area contributed by atoms with Gasteiger partial charge in [-0.25, -0.2) is 0 Å². The number of unbranched alkanes of at least 4 members (excludes halogenated alkanes) is 1. The van der Waals surface area contributed by atoms with Crippen molar-refractivity contribution in [2.75, 3.05) is 25.2 Å². The molecule has 1 aromatic heterocycles. The number of hydrogen-bond donors (Lipinski definition) is 1. The van der Waals surface area contributed by atoms with Gasteiger partial charge in [-0.15, -0.1) is 11.8 Å². The normalized spacial score (nSPS) is 11.0. The van der Waals surface area contributed by atoms with E-state index in [9.17, 15) is 4.79 Å². The summed E-state index contributed by atoms with van der Waals surface area (Å²) in [7, 11) is 1.86. The van der Waals surface area contributed by atoms with Crippen molar-refractivity contribution in [2.45, 2.75) is 37.6 Å². The highest BCUT2D eigenvalue weighted by molar-refractivity contribution is 7.98. The van der Waals surface area contributed by atoms with Crippen molar-refractivity contribution in [3.63, 3.8) is 0 Å². The molecule has 1 N–H and O–H groups in total. The molecule has 7 heteroatoms. The van der Waals surface area contributed by atoms with Crippen LogP contribution in [0.3, 0.4) is 0 Å². The van der Waals surface area contributed by atoms with Gasteiger partial charge in [-0.05, 0) is 31.9 Å². The molecule has 0 aliphatic rings. The lowest BCUT2D eigenvalue weighted by atomic mass is 10.2. The first-order chi connectivity index (χ1) is 11.6. The van der Waals surface area contributed by atoms with E-state index in [2.05, 4.69) is 22.4 Å². The fourth-order valence-electron chi connectivity index (χ4n) is 2.26. The molecule has 0 aliphatic carbocycles. The van der Waals surface area contributed by atoms with Crippen LogP contribution in [0.1, 0.15) is 31.5 Å². The Balaban J connectivity index is 1.84. The van der Waals surface area contributed by atoms with Crippen molar-refractivity contribution >= 4 is 23.4 Å². The molecule has 130 valence electrons. The van der Waals surface area contributed by atoms with E-state index in [1.807, 2.05) is 42.5 Å². The van der Waals surface area contributed by atoms with Crippen LogP contribution in [0.25, 0.3) is 0 Å². The molecule has 0 saturated carbocycles. The van der Waals surface area contributed by atoms with Gasteiger partial charge in [0.1, 0.15) is 0 Å². The largest absolute Gasteiger partial charge is 0.338 e. The number of rotatable bonds is 9. The van der Waals surface area contributed by atoms with Crippen molar-refractivity contribution in [1.82, 2.24) is 15.0 Å². The third-order valence-electron chi connectivity index (χ3n) is 3.46. The van der Waals surface area contributed by atoms with E-state index in [1.165, 1.54) is 0 Å². The Morgan fingerprint density at radius 1 is 1.38 bits per heavy atom. The molecule has 1 aromatic carbocycles. The minimum Gasteiger partial charge on any atom is -0.338 e. The predicted molar refractivity (Wildman–Crippen MR) is 96.1 cm³/mol. The first-order valence-electron chi connectivity index (χ1n) is 8.05. The van der Waals surface area contributed by atoms with Crippen molar-refractivity contribution in [3.05, 3.63) is 36.0 Å². The second-order valence-electron chi connectivity index (χ2n) is 5.63. The van der Waals surface area contributed by atoms with Crippen LogP contribution >= 0.6 is 11.8 Å². The van der Waals surface area contributed by atoms with Gasteiger partial charge < -0.3 is 9.84 Å². The van der Waals surface area contributed by atoms with Gasteiger partial charge in [0.25, 0.3) is 0 Å². The summed E-state index contributed by atoms with van der Waals surface area (Å²) < 4.78 is 5.23. The van der Waals surface area contributed by atoms with Crippen LogP contribution in [0.15, 0.2) is 33.7 Å². The molecule has 24 heavy (non-hydrogen) atoms. The maximum atomic E-state index is 12.2. The molecular weight excluding hydrogens is 324 g/mol. The minimum absolute atomic E-state index is 0.0651. The van der Waals surface area contributed by atoms with Crippen LogP contribution in [-0.4, -0.2) is 40.8 Å². The number of aromatic nitrogens is 2. The van der Waals surface area contributed by atoms with Crippen molar-refractivity contribution in [2.24, 2.45) is 0 Å². The van der Waals surface area contributed by atoms with Crippen molar-refractivity contribution < 1.29 is 9.32 Å². The molecule has 0 aliphatic heterocycles. The fraction of sp³-hybridized carbons (Fsp3) is 0.471. The summed E-state index contributed by atoms with van der Waals surface area (Å²) in [5, 5.41) is 6.90. The van der Waals surface area contributed by atoms with Gasteiger partial charge in [-0.3, -0.25) is 9.69 Å². The topological polar surface area (TPSA) is 71.3 Å². The van der Waals surface area contributed by atoms with E-state index in [1.54, 1.807) is 11.8 Å². The molecule has 6 nitrogen and oxygen atoms in total. The number of carbonyl (C=O) groups is 1. The summed E-state index contributed by atoms with van der Waals surface area (Å²) in [4.78, 5) is 19.5. The number of para-hydroxylation sites is 1. The van der Waals surface area contributed by atoms with Crippen molar-refractivity contribution in [1.29, 1.82) is 0 Å². The number of carbonyl (C=O) groups excluding carboxylic acids is 1. The molecule has 0 saturated heterocycles. The smallest absolute Gasteiger partial charge is 0.240 e. The Morgan fingerprint density at radius 3 is 2.92 bits per heavy atom. The summed E-state index contributed by atoms with van der Waals surface area (Å²) in [5.74, 6) is 1.21. The average molecular weight is 348 g/mol. The molecular formula is C17H24N4O2S. The average Bonchev–Trinajstić information content (AvgIpc) is 3.00. The van der Waals surface area contributed by atoms with Crippen LogP contribution in [0.5, 0.6) is 0 Å². The zero-order valence-electron chi connectivity index (χ0n) is 14.4. The van der Waals surface area contributed by atoms with E-state index in [0.29, 0.717) is 12.4 Å². The second-order valence-corrected chi connectivity index (χ2v) is 6.48. The van der Waals surface area contributed by atoms with Gasteiger partial charge >= 0.3 is 0 Å². The maximum absolute atomic E-state index is 12.2. The Hall–Kier alpha value is -1.86. The van der Waals surface area contributed by atoms with Crippen LogP contribution < -0.4 is 5.32 Å². The number of amides is 1. The second kappa shape index (κ2) is 9.44. The minimum atomic E-state index is -0.0651. The number of nitrogens with zero attached hydrogens (tertiary/aromatic N) is 3. The van der Waals surface area contributed by atoms with E-state index in [4.69, 9.17) is 4.52 Å². The highest BCUT2D eigenvalue weighted by Crippen LogP contribution is 2.24. The molecule has 0 unspecified atom stereocenters. The zero-order valence-corrected chi connectivity index (χ0v) is 15.2. The molecule has 0 radical (unpaired) electrons. The van der Waals surface area contributed by atoms with Crippen LogP contribution in [-0.2, 0) is 17.8 Å². The molecule has 0 atom stereocenters. The summed E-state index contributed by atoms with van der Waals surface area (Å²) in [5.41, 5.74) is 0.836. The highest BCUT2D eigenvalue weighted by Gasteiger charge is 2.13. The highest BCUT2D eigenvalue weighted by atomic mass is 32.2. The Kier molecular flexibility index (Phi) is 7.27. The van der Waals surface area contributed by atoms with Gasteiger partial charge in [-0.1, -0.05) is 30.6 Å². The molecule has 1 heterocycles. The fourth-order valence-corrected chi connectivity index (χ4v) is 2.81. The molecule has 2 rings (SSSR count). The van der Waals surface area contributed by atoms with E-state index in [-0.39, 0.29) is 12.5 Å². The summed E-state index contributed by atoms with van der Waals surface area (Å²) in [6.45, 7) is 2.84. The maximum Gasteiger partial charge on any atom is 0.240 e. The first-order valence-corrected chi connectivity index (χ1v) is 9.27. The third kappa shape index (κ3) is 5.65. The number of thioether (sulfide) groups is 1.